The molecule has 0 aliphatic carbocycles. The summed E-state index contributed by atoms with van der Waals surface area (Å²) in [6.45, 7) is 3.50. The summed E-state index contributed by atoms with van der Waals surface area (Å²) in [5.74, 6) is -0.416. The Balaban J connectivity index is 0.00000128. The Labute approximate surface area is 323 Å². The molecule has 0 bridgehead atoms. The van der Waals surface area contributed by atoms with E-state index in [0.717, 1.165) is 29.7 Å². The number of aromatic hydroxyl groups is 1. The average Bonchev–Trinajstić information content (AvgIpc) is 3.36. The largest absolute Gasteiger partial charge is 0.492 e. The zero-order valence-electron chi connectivity index (χ0n) is 26.0. The summed E-state index contributed by atoms with van der Waals surface area (Å²) in [6.07, 6.45) is 1.62. The molecule has 3 aromatic carbocycles. The molecule has 50 heavy (non-hydrogen) atoms. The Morgan fingerprint density at radius 1 is 0.940 bits per heavy atom. The monoisotopic (exact) mass is 840 g/mol. The first-order valence-electron chi connectivity index (χ1n) is 13.4. The third-order valence-electron chi connectivity index (χ3n) is 5.99. The van der Waals surface area contributed by atoms with Crippen molar-refractivity contribution in [2.45, 2.75) is 23.6 Å². The standard InChI is InChI=1S/C26H22ClN9O7S2.CH4O2S.Y/c1-14-8-10-16(11-9-14)28-25-30-24(27)31-26(32-25)29-18-13-21(45(39,40)41)19(12-20(18)44-43-42-38)33-34-22-15(2)35-36(23(22)37)17-6-4-3-5-7-17;1-4-3-2;/h3-13,37-38H,1-2H3,(H,39,40,41)(H2,28,29,30,31,32);2H,1H3;. The van der Waals surface area contributed by atoms with E-state index in [9.17, 15) is 18.1 Å². The second kappa shape index (κ2) is 19.3. The number of hydrogen-bond donors (Lipinski definition) is 6. The molecule has 18 nitrogen and oxygen atoms in total. The maximum absolute atomic E-state index is 12.4. The number of nitrogens with zero attached hydrogens (tertiary/aromatic N) is 7. The number of anilines is 4. The van der Waals surface area contributed by atoms with Crippen molar-refractivity contribution in [3.8, 4) is 11.6 Å². The SMILES string of the molecule is CSOO.Cc1ccc(Nc2nc(Cl)nc(Nc3cc(S(=O)(=O)O)c(N=Nc4c(C)nn(-c5ccccc5)c4O)cc3SOOO)n2)cc1.[Y]. The van der Waals surface area contributed by atoms with Gasteiger partial charge in [-0.05, 0) is 61.8 Å². The third-order valence-corrected chi connectivity index (χ3v) is 7.84. The zero-order valence-corrected chi connectivity index (χ0v) is 32.0. The Hall–Kier alpha value is -3.32. The minimum atomic E-state index is -4.91. The first-order chi connectivity index (χ1) is 23.4. The van der Waals surface area contributed by atoms with Crippen molar-refractivity contribution in [2.24, 2.45) is 10.2 Å². The number of azo groups is 1. The van der Waals surface area contributed by atoms with Crippen molar-refractivity contribution in [1.29, 1.82) is 0 Å². The third kappa shape index (κ3) is 11.3. The van der Waals surface area contributed by atoms with Crippen LogP contribution in [-0.4, -0.2) is 59.6 Å². The quantitative estimate of drug-likeness (QED) is 0.0236. The van der Waals surface area contributed by atoms with Crippen LogP contribution in [0.25, 0.3) is 5.69 Å². The molecule has 0 saturated heterocycles. The molecule has 2 aromatic heterocycles. The van der Waals surface area contributed by atoms with E-state index in [1.54, 1.807) is 55.6 Å². The summed E-state index contributed by atoms with van der Waals surface area (Å²) in [6, 6.07) is 18.3. The molecule has 5 rings (SSSR count). The molecule has 23 heteroatoms. The smallest absolute Gasteiger partial charge is 0.296 e. The van der Waals surface area contributed by atoms with E-state index >= 15 is 0 Å². The molecule has 0 amide bonds. The van der Waals surface area contributed by atoms with Crippen LogP contribution in [0.15, 0.2) is 86.7 Å². The van der Waals surface area contributed by atoms with Crippen molar-refractivity contribution in [2.75, 3.05) is 16.9 Å². The minimum Gasteiger partial charge on any atom is -0.492 e. The maximum atomic E-state index is 12.4. The van der Waals surface area contributed by atoms with E-state index in [1.807, 2.05) is 19.1 Å². The van der Waals surface area contributed by atoms with Gasteiger partial charge in [0.25, 0.3) is 10.1 Å². The number of aromatic nitrogens is 5. The molecule has 0 spiro atoms. The van der Waals surface area contributed by atoms with Crippen LogP contribution in [0.2, 0.25) is 5.28 Å². The summed E-state index contributed by atoms with van der Waals surface area (Å²) in [5.41, 5.74) is 2.07. The number of halogens is 1. The first kappa shape index (κ1) is 41.1. The molecule has 5 aromatic rings. The van der Waals surface area contributed by atoms with Crippen LogP contribution < -0.4 is 10.6 Å². The van der Waals surface area contributed by atoms with Gasteiger partial charge in [-0.3, -0.25) is 4.55 Å². The van der Waals surface area contributed by atoms with Gasteiger partial charge in [0.05, 0.1) is 34.0 Å². The predicted octanol–water partition coefficient (Wildman–Crippen LogP) is 7.36. The van der Waals surface area contributed by atoms with Gasteiger partial charge in [0, 0.05) is 56.7 Å². The molecule has 0 aliphatic rings. The van der Waals surface area contributed by atoms with Crippen LogP contribution in [0, 0.1) is 13.8 Å². The van der Waals surface area contributed by atoms with E-state index < -0.39 is 15.0 Å². The van der Waals surface area contributed by atoms with E-state index in [1.165, 1.54) is 4.68 Å². The van der Waals surface area contributed by atoms with Gasteiger partial charge >= 0.3 is 0 Å². The van der Waals surface area contributed by atoms with Gasteiger partial charge in [-0.2, -0.15) is 37.5 Å². The normalized spacial score (nSPS) is 11.1. The number of nitrogens with one attached hydrogen (secondary N) is 2. The molecule has 2 heterocycles. The number of hydrogen-bond acceptors (Lipinski definition) is 18. The van der Waals surface area contributed by atoms with Crippen LogP contribution >= 0.6 is 35.7 Å². The minimum absolute atomic E-state index is 0. The van der Waals surface area contributed by atoms with Gasteiger partial charge in [0.1, 0.15) is 10.6 Å². The second-order valence-electron chi connectivity index (χ2n) is 9.33. The van der Waals surface area contributed by atoms with Gasteiger partial charge in [-0.25, -0.2) is 10.5 Å². The molecular weight excluding hydrogens is 815 g/mol. The summed E-state index contributed by atoms with van der Waals surface area (Å²) in [4.78, 5) is 11.7. The molecule has 0 atom stereocenters. The van der Waals surface area contributed by atoms with E-state index in [2.05, 4.69) is 54.6 Å². The zero-order chi connectivity index (χ0) is 35.6. The maximum Gasteiger partial charge on any atom is 0.296 e. The Morgan fingerprint density at radius 2 is 1.58 bits per heavy atom. The van der Waals surface area contributed by atoms with Crippen LogP contribution in [0.3, 0.4) is 0 Å². The van der Waals surface area contributed by atoms with Crippen molar-refractivity contribution >= 4 is 80.5 Å². The number of para-hydroxylation sites is 1. The molecule has 261 valence electrons. The molecule has 0 unspecified atom stereocenters. The first-order valence-corrected chi connectivity index (χ1v) is 17.1. The van der Waals surface area contributed by atoms with Crippen molar-refractivity contribution in [1.82, 2.24) is 24.7 Å². The van der Waals surface area contributed by atoms with Gasteiger partial charge in [-0.15, -0.1) is 14.6 Å². The van der Waals surface area contributed by atoms with E-state index in [-0.39, 0.29) is 83.4 Å². The fourth-order valence-corrected chi connectivity index (χ4v) is 5.13. The van der Waals surface area contributed by atoms with Crippen molar-refractivity contribution in [3.63, 3.8) is 0 Å². The van der Waals surface area contributed by atoms with Gasteiger partial charge < -0.3 is 15.7 Å². The summed E-state index contributed by atoms with van der Waals surface area (Å²) >= 11 is 7.47. The second-order valence-corrected chi connectivity index (χ2v) is 12.3. The fraction of sp³-hybridized carbons (Fsp3) is 0.111. The van der Waals surface area contributed by atoms with E-state index in [0.29, 0.717) is 23.4 Å². The van der Waals surface area contributed by atoms with Crippen LogP contribution in [0.1, 0.15) is 11.3 Å². The summed E-state index contributed by atoms with van der Waals surface area (Å²) < 4.78 is 44.2. The summed E-state index contributed by atoms with van der Waals surface area (Å²) in [7, 11) is -4.91. The molecule has 6 N–H and O–H groups in total. The molecular formula is C27H26ClN9O9S3Y. The van der Waals surface area contributed by atoms with Crippen molar-refractivity contribution in [3.05, 3.63) is 83.3 Å². The van der Waals surface area contributed by atoms with Crippen molar-refractivity contribution < 1.29 is 75.0 Å². The van der Waals surface area contributed by atoms with Gasteiger partial charge in [0.2, 0.25) is 23.1 Å². The number of aryl methyl sites for hydroxylation is 2. The van der Waals surface area contributed by atoms with Gasteiger partial charge in [0.15, 0.2) is 5.69 Å². The average molecular weight is 841 g/mol. The van der Waals surface area contributed by atoms with Gasteiger partial charge in [-0.1, -0.05) is 40.9 Å². The van der Waals surface area contributed by atoms with Crippen LogP contribution in [0.4, 0.5) is 34.6 Å². The molecule has 0 fully saturated rings. The Morgan fingerprint density at radius 3 is 2.18 bits per heavy atom. The molecule has 0 saturated carbocycles. The topological polar surface area (TPSA) is 248 Å². The number of benzene rings is 3. The Bertz CT molecular complexity index is 2030. The fourth-order valence-electron chi connectivity index (χ4n) is 3.88. The Kier molecular flexibility index (Phi) is 15.9. The predicted molar refractivity (Wildman–Crippen MR) is 181 cm³/mol. The molecule has 1 radical (unpaired) electrons. The summed E-state index contributed by atoms with van der Waals surface area (Å²) in [5, 5.41) is 48.4. The van der Waals surface area contributed by atoms with Crippen LogP contribution in [0.5, 0.6) is 5.88 Å². The molecule has 0 aliphatic heterocycles. The van der Waals surface area contributed by atoms with Crippen LogP contribution in [-0.2, 0) is 56.5 Å². The van der Waals surface area contributed by atoms with E-state index in [4.69, 9.17) is 22.1 Å². The number of rotatable bonds is 12.